The Bertz CT molecular complexity index is 984. The maximum Gasteiger partial charge on any atom is 0.159 e. The van der Waals surface area contributed by atoms with Crippen LogP contribution in [0.1, 0.15) is 44.2 Å². The third-order valence-corrected chi connectivity index (χ3v) is 6.88. The number of nitrogens with zero attached hydrogens (tertiary/aromatic N) is 4. The van der Waals surface area contributed by atoms with Crippen LogP contribution in [-0.2, 0) is 0 Å². The molecule has 4 heteroatoms. The van der Waals surface area contributed by atoms with E-state index in [1.807, 2.05) is 0 Å². The van der Waals surface area contributed by atoms with Gasteiger partial charge in [0.25, 0.3) is 0 Å². The Morgan fingerprint density at radius 3 is 2.39 bits per heavy atom. The van der Waals surface area contributed by atoms with Crippen molar-refractivity contribution in [2.24, 2.45) is 5.92 Å². The van der Waals surface area contributed by atoms with Gasteiger partial charge < -0.3 is 9.80 Å². The van der Waals surface area contributed by atoms with Gasteiger partial charge in [-0.05, 0) is 43.2 Å². The molecule has 4 nitrogen and oxygen atoms in total. The first-order valence-electron chi connectivity index (χ1n) is 11.8. The van der Waals surface area contributed by atoms with Crippen LogP contribution >= 0.6 is 0 Å². The Kier molecular flexibility index (Phi) is 5.88. The van der Waals surface area contributed by atoms with Crippen molar-refractivity contribution in [3.8, 4) is 11.1 Å². The number of hydrogen-bond acceptors (Lipinski definition) is 4. The lowest BCUT2D eigenvalue weighted by molar-refractivity contribution is 0.302. The molecule has 160 valence electrons. The summed E-state index contributed by atoms with van der Waals surface area (Å²) in [7, 11) is 0. The van der Waals surface area contributed by atoms with Gasteiger partial charge in [-0.25, -0.2) is 0 Å². The molecule has 31 heavy (non-hydrogen) atoms. The zero-order chi connectivity index (χ0) is 21.0. The average Bonchev–Trinajstić information content (AvgIpc) is 2.85. The van der Waals surface area contributed by atoms with E-state index in [4.69, 9.17) is 10.2 Å². The molecule has 0 N–H and O–H groups in total. The minimum atomic E-state index is 0.282. The molecule has 0 saturated carbocycles. The third kappa shape index (κ3) is 4.30. The van der Waals surface area contributed by atoms with Gasteiger partial charge >= 0.3 is 0 Å². The molecular formula is C27H32N4. The molecule has 5 rings (SSSR count). The summed E-state index contributed by atoms with van der Waals surface area (Å²) in [5.41, 5.74) is 5.03. The van der Waals surface area contributed by atoms with Crippen molar-refractivity contribution in [2.75, 3.05) is 31.1 Å². The van der Waals surface area contributed by atoms with Gasteiger partial charge in [-0.1, -0.05) is 67.6 Å². The zero-order valence-corrected chi connectivity index (χ0v) is 18.5. The molecule has 0 spiro atoms. The summed E-state index contributed by atoms with van der Waals surface area (Å²) in [6.45, 7) is 6.37. The van der Waals surface area contributed by atoms with Crippen LogP contribution in [0.2, 0.25) is 0 Å². The highest BCUT2D eigenvalue weighted by molar-refractivity contribution is 5.76. The number of piperazine rings is 1. The number of rotatable bonds is 4. The van der Waals surface area contributed by atoms with Crippen LogP contribution in [0.4, 0.5) is 5.82 Å². The van der Waals surface area contributed by atoms with E-state index >= 15 is 0 Å². The van der Waals surface area contributed by atoms with Crippen molar-refractivity contribution in [3.05, 3.63) is 78.2 Å². The summed E-state index contributed by atoms with van der Waals surface area (Å²) in [5, 5.41) is 9.53. The van der Waals surface area contributed by atoms with Gasteiger partial charge in [0.1, 0.15) is 0 Å². The normalized spacial score (nSPS) is 23.7. The smallest absolute Gasteiger partial charge is 0.159 e. The molecule has 1 aromatic heterocycles. The van der Waals surface area contributed by atoms with Crippen LogP contribution in [0.15, 0.2) is 72.5 Å². The van der Waals surface area contributed by atoms with Gasteiger partial charge in [0.05, 0.1) is 5.69 Å². The topological polar surface area (TPSA) is 32.3 Å². The van der Waals surface area contributed by atoms with Crippen LogP contribution in [0.5, 0.6) is 0 Å². The molecule has 1 fully saturated rings. The Balaban J connectivity index is 1.42. The quantitative estimate of drug-likeness (QED) is 0.657. The number of anilines is 1. The predicted octanol–water partition coefficient (Wildman–Crippen LogP) is 5.57. The molecule has 2 atom stereocenters. The fourth-order valence-electron chi connectivity index (χ4n) is 5.03. The fourth-order valence-corrected chi connectivity index (χ4v) is 5.03. The van der Waals surface area contributed by atoms with Crippen LogP contribution < -0.4 is 4.90 Å². The molecule has 2 aromatic rings. The lowest BCUT2D eigenvalue weighted by atomic mass is 9.86. The molecule has 1 aromatic carbocycles. The SMILES string of the molecule is CC1C=CC=CC1c1cc(-c2ccccc2)c(N2CCN(C3=CCCCC3)CC2)nn1. The molecule has 0 radical (unpaired) electrons. The largest absolute Gasteiger partial charge is 0.372 e. The van der Waals surface area contributed by atoms with Crippen molar-refractivity contribution >= 4 is 5.82 Å². The highest BCUT2D eigenvalue weighted by Crippen LogP contribution is 2.35. The first kappa shape index (κ1) is 20.0. The molecule has 3 aliphatic rings. The number of aromatic nitrogens is 2. The standard InChI is InChI=1S/C27H32N4/c1-21-10-8-9-15-24(21)26-20-25(22-11-4-2-5-12-22)27(29-28-26)31-18-16-30(17-19-31)23-13-6-3-7-14-23/h2,4-5,8-13,15,20-21,24H,3,6-7,14,16-19H2,1H3. The van der Waals surface area contributed by atoms with E-state index in [9.17, 15) is 0 Å². The highest BCUT2D eigenvalue weighted by Gasteiger charge is 2.25. The molecule has 2 unspecified atom stereocenters. The maximum atomic E-state index is 4.81. The van der Waals surface area contributed by atoms with E-state index < -0.39 is 0 Å². The summed E-state index contributed by atoms with van der Waals surface area (Å²) in [6.07, 6.45) is 16.4. The second-order valence-electron chi connectivity index (χ2n) is 8.94. The van der Waals surface area contributed by atoms with Crippen molar-refractivity contribution in [1.82, 2.24) is 15.1 Å². The van der Waals surface area contributed by atoms with E-state index in [1.165, 1.54) is 36.8 Å². The molecule has 2 aliphatic carbocycles. The van der Waals surface area contributed by atoms with Crippen LogP contribution in [0, 0.1) is 5.92 Å². The zero-order valence-electron chi connectivity index (χ0n) is 18.5. The summed E-state index contributed by atoms with van der Waals surface area (Å²) in [5.74, 6) is 1.74. The van der Waals surface area contributed by atoms with Gasteiger partial charge in [0.15, 0.2) is 5.82 Å². The Morgan fingerprint density at radius 1 is 0.871 bits per heavy atom. The molecule has 1 aliphatic heterocycles. The minimum Gasteiger partial charge on any atom is -0.372 e. The first-order valence-corrected chi connectivity index (χ1v) is 11.8. The van der Waals surface area contributed by atoms with Crippen LogP contribution in [0.25, 0.3) is 11.1 Å². The summed E-state index contributed by atoms with van der Waals surface area (Å²) in [6, 6.07) is 12.9. The molecule has 0 amide bonds. The van der Waals surface area contributed by atoms with Crippen molar-refractivity contribution in [1.29, 1.82) is 0 Å². The van der Waals surface area contributed by atoms with Crippen molar-refractivity contribution in [3.63, 3.8) is 0 Å². The van der Waals surface area contributed by atoms with Gasteiger partial charge in [-0.2, -0.15) is 5.10 Å². The highest BCUT2D eigenvalue weighted by atomic mass is 15.3. The van der Waals surface area contributed by atoms with Gasteiger partial charge in [-0.3, -0.25) is 0 Å². The van der Waals surface area contributed by atoms with E-state index in [-0.39, 0.29) is 5.92 Å². The van der Waals surface area contributed by atoms with Gasteiger partial charge in [0.2, 0.25) is 0 Å². The van der Waals surface area contributed by atoms with Crippen molar-refractivity contribution < 1.29 is 0 Å². The number of allylic oxidation sites excluding steroid dienone is 6. The number of benzene rings is 1. The van der Waals surface area contributed by atoms with Gasteiger partial charge in [0, 0.05) is 43.4 Å². The first-order chi connectivity index (χ1) is 15.3. The van der Waals surface area contributed by atoms with E-state index in [0.717, 1.165) is 37.7 Å². The number of hydrogen-bond donors (Lipinski definition) is 0. The lowest BCUT2D eigenvalue weighted by Gasteiger charge is -2.39. The summed E-state index contributed by atoms with van der Waals surface area (Å²) >= 11 is 0. The molecule has 1 saturated heterocycles. The van der Waals surface area contributed by atoms with Crippen LogP contribution in [-0.4, -0.2) is 41.3 Å². The predicted molar refractivity (Wildman–Crippen MR) is 128 cm³/mol. The molecule has 2 heterocycles. The Hall–Kier alpha value is -2.88. The van der Waals surface area contributed by atoms with Crippen LogP contribution in [0.3, 0.4) is 0 Å². The summed E-state index contributed by atoms with van der Waals surface area (Å²) in [4.78, 5) is 5.01. The van der Waals surface area contributed by atoms with Gasteiger partial charge in [-0.15, -0.1) is 5.10 Å². The molecule has 0 bridgehead atoms. The fraction of sp³-hybridized carbons (Fsp3) is 0.407. The van der Waals surface area contributed by atoms with E-state index in [2.05, 4.69) is 83.5 Å². The Labute approximate surface area is 186 Å². The lowest BCUT2D eigenvalue weighted by Crippen LogP contribution is -2.46. The third-order valence-electron chi connectivity index (χ3n) is 6.88. The van der Waals surface area contributed by atoms with E-state index in [1.54, 1.807) is 5.70 Å². The molecular weight excluding hydrogens is 380 g/mol. The second-order valence-corrected chi connectivity index (χ2v) is 8.94. The Morgan fingerprint density at radius 2 is 1.65 bits per heavy atom. The second kappa shape index (κ2) is 9.09. The maximum absolute atomic E-state index is 4.81. The van der Waals surface area contributed by atoms with E-state index in [0.29, 0.717) is 5.92 Å². The van der Waals surface area contributed by atoms with Crippen molar-refractivity contribution in [2.45, 2.75) is 38.5 Å². The summed E-state index contributed by atoms with van der Waals surface area (Å²) < 4.78 is 0. The monoisotopic (exact) mass is 412 g/mol. The minimum absolute atomic E-state index is 0.282. The average molecular weight is 413 g/mol.